The topological polar surface area (TPSA) is 59.0 Å². The average molecular weight is 309 g/mol. The number of ether oxygens (including phenoxy) is 1. The molecule has 0 aromatic heterocycles. The van der Waals surface area contributed by atoms with Gasteiger partial charge in [0.15, 0.2) is 0 Å². The smallest absolute Gasteiger partial charge is 0.120 e. The fraction of sp³-hybridized carbons (Fsp3) is 0.588. The van der Waals surface area contributed by atoms with Gasteiger partial charge in [-0.05, 0) is 37.1 Å². The Hall–Kier alpha value is -1.24. The summed E-state index contributed by atoms with van der Waals surface area (Å²) in [6.45, 7) is 12.5. The monoisotopic (exact) mass is 308 g/mol. The van der Waals surface area contributed by atoms with Crippen molar-refractivity contribution in [3.05, 3.63) is 28.8 Å². The molecular formula is C17H25ClN2O. The molecule has 1 aliphatic carbocycles. The van der Waals surface area contributed by atoms with Gasteiger partial charge in [-0.25, -0.2) is 0 Å². The highest BCUT2D eigenvalue weighted by Crippen LogP contribution is 2.54. The van der Waals surface area contributed by atoms with Crippen molar-refractivity contribution in [2.24, 2.45) is 16.6 Å². The Labute approximate surface area is 133 Å². The minimum atomic E-state index is -0.0425. The third kappa shape index (κ3) is 2.63. The molecule has 2 rings (SSSR count). The third-order valence-electron chi connectivity index (χ3n) is 4.83. The van der Waals surface area contributed by atoms with Gasteiger partial charge in [0, 0.05) is 16.9 Å². The summed E-state index contributed by atoms with van der Waals surface area (Å²) < 4.78 is 6.22. The quantitative estimate of drug-likeness (QED) is 0.905. The Kier molecular flexibility index (Phi) is 4.68. The molecule has 116 valence electrons. The van der Waals surface area contributed by atoms with Crippen LogP contribution in [0.2, 0.25) is 0 Å². The minimum Gasteiger partial charge on any atom is -0.489 e. The Morgan fingerprint density at radius 3 is 1.90 bits per heavy atom. The first-order chi connectivity index (χ1) is 9.12. The standard InChI is InChI=1S/C17H24N2O.ClH/c1-10-7-12(8-11(2)13(10)9-18)20-15-16(3,4)14(19)17(15,5)6;/h7-8,14-15H,19H2,1-6H3;1H/t14-,15-;. The Balaban J connectivity index is 0.00000220. The van der Waals surface area contributed by atoms with E-state index >= 15 is 0 Å². The van der Waals surface area contributed by atoms with E-state index in [1.54, 1.807) is 0 Å². The zero-order valence-corrected chi connectivity index (χ0v) is 14.5. The van der Waals surface area contributed by atoms with Gasteiger partial charge in [-0.2, -0.15) is 5.26 Å². The van der Waals surface area contributed by atoms with Crippen molar-refractivity contribution in [1.82, 2.24) is 0 Å². The summed E-state index contributed by atoms with van der Waals surface area (Å²) >= 11 is 0. The second-order valence-corrected chi connectivity index (χ2v) is 7.16. The van der Waals surface area contributed by atoms with Crippen LogP contribution >= 0.6 is 12.4 Å². The number of hydrogen-bond acceptors (Lipinski definition) is 3. The van der Waals surface area contributed by atoms with E-state index in [0.29, 0.717) is 0 Å². The van der Waals surface area contributed by atoms with Crippen LogP contribution in [0.5, 0.6) is 5.75 Å². The molecule has 1 aromatic rings. The van der Waals surface area contributed by atoms with E-state index in [2.05, 4.69) is 33.8 Å². The molecule has 0 amide bonds. The molecule has 1 saturated carbocycles. The Bertz CT molecular complexity index is 548. The van der Waals surface area contributed by atoms with Crippen molar-refractivity contribution in [1.29, 1.82) is 5.26 Å². The lowest BCUT2D eigenvalue weighted by molar-refractivity contribution is -0.155. The second kappa shape index (κ2) is 5.51. The summed E-state index contributed by atoms with van der Waals surface area (Å²) in [5.41, 5.74) is 8.83. The molecule has 3 nitrogen and oxygen atoms in total. The summed E-state index contributed by atoms with van der Waals surface area (Å²) in [5.74, 6) is 0.831. The number of aryl methyl sites for hydroxylation is 2. The molecule has 0 radical (unpaired) electrons. The number of benzene rings is 1. The molecule has 2 N–H and O–H groups in total. The molecule has 0 heterocycles. The first kappa shape index (κ1) is 17.8. The van der Waals surface area contributed by atoms with Gasteiger partial charge in [0.1, 0.15) is 11.9 Å². The molecule has 1 fully saturated rings. The molecule has 0 saturated heterocycles. The molecule has 21 heavy (non-hydrogen) atoms. The summed E-state index contributed by atoms with van der Waals surface area (Å²) in [6.07, 6.45) is 0.0803. The highest BCUT2D eigenvalue weighted by molar-refractivity contribution is 5.85. The van der Waals surface area contributed by atoms with Crippen LogP contribution in [0.1, 0.15) is 44.4 Å². The van der Waals surface area contributed by atoms with Crippen LogP contribution in [0.15, 0.2) is 12.1 Å². The van der Waals surface area contributed by atoms with Gasteiger partial charge in [-0.1, -0.05) is 27.7 Å². The van der Waals surface area contributed by atoms with Gasteiger partial charge >= 0.3 is 0 Å². The van der Waals surface area contributed by atoms with Gasteiger partial charge in [0.05, 0.1) is 11.6 Å². The zero-order valence-electron chi connectivity index (χ0n) is 13.7. The van der Waals surface area contributed by atoms with Crippen molar-refractivity contribution in [2.45, 2.75) is 53.7 Å². The highest BCUT2D eigenvalue weighted by atomic mass is 35.5. The largest absolute Gasteiger partial charge is 0.489 e. The van der Waals surface area contributed by atoms with E-state index in [1.807, 2.05) is 26.0 Å². The SMILES string of the molecule is Cc1cc(O[C@H]2C(C)(C)[C@H](N)C2(C)C)cc(C)c1C#N.Cl. The predicted octanol–water partition coefficient (Wildman–Crippen LogP) is 3.74. The summed E-state index contributed by atoms with van der Waals surface area (Å²) in [6, 6.07) is 6.25. The molecule has 0 unspecified atom stereocenters. The Morgan fingerprint density at radius 2 is 1.52 bits per heavy atom. The Morgan fingerprint density at radius 1 is 1.10 bits per heavy atom. The van der Waals surface area contributed by atoms with Gasteiger partial charge in [0.25, 0.3) is 0 Å². The molecule has 0 atom stereocenters. The van der Waals surface area contributed by atoms with E-state index in [1.165, 1.54) is 0 Å². The second-order valence-electron chi connectivity index (χ2n) is 7.16. The molecule has 1 aliphatic rings. The van der Waals surface area contributed by atoms with Crippen molar-refractivity contribution in [3.63, 3.8) is 0 Å². The van der Waals surface area contributed by atoms with Crippen LogP contribution in [-0.2, 0) is 0 Å². The lowest BCUT2D eigenvalue weighted by atomic mass is 9.50. The number of rotatable bonds is 2. The molecule has 0 aliphatic heterocycles. The number of nitriles is 1. The average Bonchev–Trinajstić information content (AvgIpc) is 2.34. The van der Waals surface area contributed by atoms with Gasteiger partial charge in [-0.15, -0.1) is 12.4 Å². The number of nitrogens with zero attached hydrogens (tertiary/aromatic N) is 1. The molecule has 0 spiro atoms. The first-order valence-electron chi connectivity index (χ1n) is 7.06. The fourth-order valence-corrected chi connectivity index (χ4v) is 3.76. The fourth-order valence-electron chi connectivity index (χ4n) is 3.76. The number of nitrogens with two attached hydrogens (primary N) is 1. The maximum atomic E-state index is 9.12. The lowest BCUT2D eigenvalue weighted by Gasteiger charge is -2.61. The minimum absolute atomic E-state index is 0. The van der Waals surface area contributed by atoms with E-state index in [-0.39, 0.29) is 35.4 Å². The summed E-state index contributed by atoms with van der Waals surface area (Å²) in [5, 5.41) is 9.12. The van der Waals surface area contributed by atoms with E-state index < -0.39 is 0 Å². The van der Waals surface area contributed by atoms with Crippen LogP contribution in [0.4, 0.5) is 0 Å². The van der Waals surface area contributed by atoms with Gasteiger partial charge in [-0.3, -0.25) is 0 Å². The maximum Gasteiger partial charge on any atom is 0.120 e. The maximum absolute atomic E-state index is 9.12. The third-order valence-corrected chi connectivity index (χ3v) is 4.83. The van der Waals surface area contributed by atoms with Gasteiger partial charge < -0.3 is 10.5 Å². The molecule has 1 aromatic carbocycles. The van der Waals surface area contributed by atoms with Gasteiger partial charge in [0.2, 0.25) is 0 Å². The molecule has 4 heteroatoms. The van der Waals surface area contributed by atoms with Crippen molar-refractivity contribution in [2.75, 3.05) is 0 Å². The summed E-state index contributed by atoms with van der Waals surface area (Å²) in [7, 11) is 0. The van der Waals surface area contributed by atoms with Crippen LogP contribution in [0.3, 0.4) is 0 Å². The number of halogens is 1. The van der Waals surface area contributed by atoms with E-state index in [9.17, 15) is 0 Å². The normalized spacial score (nSPS) is 25.2. The lowest BCUT2D eigenvalue weighted by Crippen LogP contribution is -2.72. The van der Waals surface area contributed by atoms with E-state index in [4.69, 9.17) is 15.7 Å². The van der Waals surface area contributed by atoms with Crippen LogP contribution in [-0.4, -0.2) is 12.1 Å². The summed E-state index contributed by atoms with van der Waals surface area (Å²) in [4.78, 5) is 0. The molecule has 0 bridgehead atoms. The van der Waals surface area contributed by atoms with Crippen LogP contribution < -0.4 is 10.5 Å². The van der Waals surface area contributed by atoms with Crippen LogP contribution in [0, 0.1) is 36.0 Å². The number of hydrogen-bond donors (Lipinski definition) is 1. The van der Waals surface area contributed by atoms with Crippen molar-refractivity contribution < 1.29 is 4.74 Å². The first-order valence-corrected chi connectivity index (χ1v) is 7.06. The predicted molar refractivity (Wildman–Crippen MR) is 87.8 cm³/mol. The highest BCUT2D eigenvalue weighted by Gasteiger charge is 2.61. The molecular weight excluding hydrogens is 284 g/mol. The van der Waals surface area contributed by atoms with E-state index in [0.717, 1.165) is 22.4 Å². The van der Waals surface area contributed by atoms with Crippen molar-refractivity contribution >= 4 is 12.4 Å². The van der Waals surface area contributed by atoms with Crippen LogP contribution in [0.25, 0.3) is 0 Å². The zero-order chi connectivity index (χ0) is 15.3. The van der Waals surface area contributed by atoms with Crippen molar-refractivity contribution in [3.8, 4) is 11.8 Å².